The van der Waals surface area contributed by atoms with E-state index in [0.717, 1.165) is 4.90 Å². The third-order valence-corrected chi connectivity index (χ3v) is 4.10. The number of hydrogen-bond acceptors (Lipinski definition) is 2. The minimum absolute atomic E-state index is 0.255. The first-order valence-corrected chi connectivity index (χ1v) is 7.71. The number of fused-ring (bicyclic) bond motifs is 1. The summed E-state index contributed by atoms with van der Waals surface area (Å²) in [5, 5.41) is 0. The number of amides is 1. The van der Waals surface area contributed by atoms with Gasteiger partial charge in [-0.2, -0.15) is 13.2 Å². The number of hydrogen-bond donors (Lipinski definition) is 0. The number of benzene rings is 2. The van der Waals surface area contributed by atoms with E-state index >= 15 is 0 Å². The molecular formula is C19H16F3NO2. The fourth-order valence-electron chi connectivity index (χ4n) is 3.00. The highest BCUT2D eigenvalue weighted by Gasteiger charge is 2.46. The number of para-hydroxylation sites is 2. The van der Waals surface area contributed by atoms with Crippen molar-refractivity contribution in [1.29, 1.82) is 0 Å². The molecule has 0 aromatic heterocycles. The molecule has 0 unspecified atom stereocenters. The Bertz CT molecular complexity index is 814. The van der Waals surface area contributed by atoms with Crippen molar-refractivity contribution < 1.29 is 22.7 Å². The van der Waals surface area contributed by atoms with Crippen molar-refractivity contribution in [2.75, 3.05) is 12.0 Å². The first-order valence-electron chi connectivity index (χ1n) is 7.71. The summed E-state index contributed by atoms with van der Waals surface area (Å²) in [7, 11) is 1.45. The van der Waals surface area contributed by atoms with E-state index in [4.69, 9.17) is 4.74 Å². The molecule has 130 valence electrons. The van der Waals surface area contributed by atoms with Gasteiger partial charge in [-0.25, -0.2) is 0 Å². The molecule has 0 aliphatic carbocycles. The zero-order valence-corrected chi connectivity index (χ0v) is 13.5. The molecule has 1 amide bonds. The molecule has 2 aromatic rings. The molecule has 3 nitrogen and oxygen atoms in total. The first-order chi connectivity index (χ1) is 11.9. The van der Waals surface area contributed by atoms with Crippen LogP contribution in [0.5, 0.6) is 5.75 Å². The molecule has 2 aromatic carbocycles. The van der Waals surface area contributed by atoms with Crippen molar-refractivity contribution in [3.63, 3.8) is 0 Å². The van der Waals surface area contributed by atoms with E-state index in [-0.39, 0.29) is 5.69 Å². The number of methoxy groups -OCH3 is 1. The SMILES string of the molecule is COc1ccccc1[C@@H]1C=CCc2ccccc2N1C(=O)C(F)(F)F. The maximum atomic E-state index is 13.3. The van der Waals surface area contributed by atoms with Gasteiger partial charge in [-0.05, 0) is 24.1 Å². The normalized spacial score (nSPS) is 17.0. The molecule has 0 saturated carbocycles. The van der Waals surface area contributed by atoms with E-state index in [9.17, 15) is 18.0 Å². The molecule has 0 fully saturated rings. The number of ether oxygens (including phenoxy) is 1. The van der Waals surface area contributed by atoms with E-state index in [1.54, 1.807) is 54.6 Å². The Balaban J connectivity index is 2.20. The summed E-state index contributed by atoms with van der Waals surface area (Å²) in [4.78, 5) is 13.0. The highest BCUT2D eigenvalue weighted by molar-refractivity contribution is 5.99. The molecule has 0 N–H and O–H groups in total. The molecule has 1 aliphatic rings. The predicted octanol–water partition coefficient (Wildman–Crippen LogP) is 4.44. The molecule has 0 radical (unpaired) electrons. The number of anilines is 1. The van der Waals surface area contributed by atoms with Crippen molar-refractivity contribution in [2.45, 2.75) is 18.6 Å². The number of halogens is 3. The fourth-order valence-corrected chi connectivity index (χ4v) is 3.00. The Kier molecular flexibility index (Phi) is 4.53. The number of carbonyl (C=O) groups excluding carboxylic acids is 1. The highest BCUT2D eigenvalue weighted by Crippen LogP contribution is 2.39. The van der Waals surface area contributed by atoms with Gasteiger partial charge in [0, 0.05) is 11.3 Å². The summed E-state index contributed by atoms with van der Waals surface area (Å²) in [5.74, 6) is -1.47. The number of carbonyl (C=O) groups is 1. The summed E-state index contributed by atoms with van der Waals surface area (Å²) in [6.45, 7) is 0. The molecule has 25 heavy (non-hydrogen) atoms. The molecule has 1 aliphatic heterocycles. The van der Waals surface area contributed by atoms with Crippen molar-refractivity contribution >= 4 is 11.6 Å². The third kappa shape index (κ3) is 3.24. The molecule has 0 saturated heterocycles. The molecule has 0 bridgehead atoms. The van der Waals surface area contributed by atoms with Gasteiger partial charge < -0.3 is 4.74 Å². The summed E-state index contributed by atoms with van der Waals surface area (Å²) in [6, 6.07) is 12.5. The van der Waals surface area contributed by atoms with E-state index in [0.29, 0.717) is 23.3 Å². The predicted molar refractivity (Wildman–Crippen MR) is 88.6 cm³/mol. The van der Waals surface area contributed by atoms with Crippen LogP contribution in [-0.2, 0) is 11.2 Å². The maximum absolute atomic E-state index is 13.3. The Morgan fingerprint density at radius 3 is 2.52 bits per heavy atom. The Morgan fingerprint density at radius 1 is 1.12 bits per heavy atom. The summed E-state index contributed by atoms with van der Waals surface area (Å²) in [5.41, 5.74) is 1.41. The van der Waals surface area contributed by atoms with Crippen LogP contribution in [0, 0.1) is 0 Å². The molecule has 6 heteroatoms. The standard InChI is InChI=1S/C19H16F3NO2/c1-25-17-12-5-3-9-14(17)16-11-6-8-13-7-2-4-10-15(13)23(16)18(24)19(20,21)22/h2-7,9-12,16H,8H2,1H3/t16-/m0/s1. The second-order valence-corrected chi connectivity index (χ2v) is 5.62. The van der Waals surface area contributed by atoms with Gasteiger partial charge in [0.05, 0.1) is 13.2 Å². The summed E-state index contributed by atoms with van der Waals surface area (Å²) >= 11 is 0. The quantitative estimate of drug-likeness (QED) is 0.752. The van der Waals surface area contributed by atoms with Crippen LogP contribution in [0.4, 0.5) is 18.9 Å². The van der Waals surface area contributed by atoms with Crippen molar-refractivity contribution in [1.82, 2.24) is 0 Å². The molecule has 1 heterocycles. The second-order valence-electron chi connectivity index (χ2n) is 5.62. The van der Waals surface area contributed by atoms with Crippen LogP contribution in [0.2, 0.25) is 0 Å². The third-order valence-electron chi connectivity index (χ3n) is 4.10. The lowest BCUT2D eigenvalue weighted by atomic mass is 10.0. The van der Waals surface area contributed by atoms with E-state index in [2.05, 4.69) is 0 Å². The smallest absolute Gasteiger partial charge is 0.471 e. The van der Waals surface area contributed by atoms with Crippen LogP contribution in [-0.4, -0.2) is 19.2 Å². The lowest BCUT2D eigenvalue weighted by Crippen LogP contribution is -2.43. The van der Waals surface area contributed by atoms with Crippen LogP contribution in [0.25, 0.3) is 0 Å². The highest BCUT2D eigenvalue weighted by atomic mass is 19.4. The van der Waals surface area contributed by atoms with Crippen LogP contribution in [0.1, 0.15) is 17.2 Å². The van der Waals surface area contributed by atoms with Crippen molar-refractivity contribution in [2.24, 2.45) is 0 Å². The molecule has 3 rings (SSSR count). The van der Waals surface area contributed by atoms with Crippen LogP contribution in [0.15, 0.2) is 60.7 Å². The molecule has 1 atom stereocenters. The Labute approximate surface area is 143 Å². The zero-order valence-electron chi connectivity index (χ0n) is 13.5. The van der Waals surface area contributed by atoms with E-state index in [1.165, 1.54) is 13.2 Å². The maximum Gasteiger partial charge on any atom is 0.471 e. The van der Waals surface area contributed by atoms with Gasteiger partial charge in [0.25, 0.3) is 0 Å². The number of allylic oxidation sites excluding steroid dienone is 1. The number of rotatable bonds is 2. The van der Waals surface area contributed by atoms with E-state index < -0.39 is 18.1 Å². The first kappa shape index (κ1) is 17.1. The van der Waals surface area contributed by atoms with Gasteiger partial charge >= 0.3 is 12.1 Å². The monoisotopic (exact) mass is 347 g/mol. The minimum atomic E-state index is -4.98. The van der Waals surface area contributed by atoms with Gasteiger partial charge in [0.15, 0.2) is 0 Å². The lowest BCUT2D eigenvalue weighted by Gasteiger charge is -2.31. The van der Waals surface area contributed by atoms with Crippen LogP contribution < -0.4 is 9.64 Å². The van der Waals surface area contributed by atoms with Crippen LogP contribution >= 0.6 is 0 Å². The Morgan fingerprint density at radius 2 is 1.80 bits per heavy atom. The summed E-state index contributed by atoms with van der Waals surface area (Å²) < 4.78 is 45.1. The van der Waals surface area contributed by atoms with Crippen molar-refractivity contribution in [3.8, 4) is 5.75 Å². The van der Waals surface area contributed by atoms with Gasteiger partial charge in [0.1, 0.15) is 5.75 Å². The van der Waals surface area contributed by atoms with Gasteiger partial charge in [0.2, 0.25) is 0 Å². The molecule has 0 spiro atoms. The van der Waals surface area contributed by atoms with Gasteiger partial charge in [-0.3, -0.25) is 9.69 Å². The zero-order chi connectivity index (χ0) is 18.0. The average Bonchev–Trinajstić information content (AvgIpc) is 2.79. The van der Waals surface area contributed by atoms with E-state index in [1.807, 2.05) is 0 Å². The van der Waals surface area contributed by atoms with Crippen molar-refractivity contribution in [3.05, 3.63) is 71.8 Å². The fraction of sp³-hybridized carbons (Fsp3) is 0.211. The van der Waals surface area contributed by atoms with Crippen LogP contribution in [0.3, 0.4) is 0 Å². The minimum Gasteiger partial charge on any atom is -0.496 e. The summed E-state index contributed by atoms with van der Waals surface area (Å²) in [6.07, 6.45) is -1.14. The topological polar surface area (TPSA) is 29.5 Å². The number of alkyl halides is 3. The average molecular weight is 347 g/mol. The number of nitrogens with zero attached hydrogens (tertiary/aromatic N) is 1. The largest absolute Gasteiger partial charge is 0.496 e. The second kappa shape index (κ2) is 6.63. The lowest BCUT2D eigenvalue weighted by molar-refractivity contribution is -0.170. The van der Waals surface area contributed by atoms with Gasteiger partial charge in [-0.1, -0.05) is 48.6 Å². The Hall–Kier alpha value is -2.76. The molecular weight excluding hydrogens is 331 g/mol. The van der Waals surface area contributed by atoms with Gasteiger partial charge in [-0.15, -0.1) is 0 Å².